The lowest BCUT2D eigenvalue weighted by atomic mass is 10.1. The highest BCUT2D eigenvalue weighted by atomic mass is 19.4. The van der Waals surface area contributed by atoms with Crippen molar-refractivity contribution in [1.29, 1.82) is 0 Å². The summed E-state index contributed by atoms with van der Waals surface area (Å²) in [5, 5.41) is 10.8. The number of para-hydroxylation sites is 1. The Morgan fingerprint density at radius 1 is 1.26 bits per heavy atom. The predicted octanol–water partition coefficient (Wildman–Crippen LogP) is 2.83. The Morgan fingerprint density at radius 2 is 1.91 bits per heavy atom. The van der Waals surface area contributed by atoms with E-state index in [0.29, 0.717) is 19.5 Å². The fourth-order valence-corrected chi connectivity index (χ4v) is 2.03. The van der Waals surface area contributed by atoms with Crippen molar-refractivity contribution in [2.45, 2.75) is 25.9 Å². The van der Waals surface area contributed by atoms with Crippen LogP contribution in [-0.4, -0.2) is 41.5 Å². The van der Waals surface area contributed by atoms with E-state index in [4.69, 9.17) is 5.11 Å². The van der Waals surface area contributed by atoms with Gasteiger partial charge >= 0.3 is 12.1 Å². The molecule has 1 rings (SSSR count). The molecular formula is C15H19F3N2O3. The van der Waals surface area contributed by atoms with Gasteiger partial charge in [0.05, 0.1) is 17.8 Å². The van der Waals surface area contributed by atoms with Crippen LogP contribution >= 0.6 is 0 Å². The van der Waals surface area contributed by atoms with Crippen LogP contribution in [0.3, 0.4) is 0 Å². The molecule has 8 heteroatoms. The van der Waals surface area contributed by atoms with E-state index in [1.165, 1.54) is 18.2 Å². The second-order valence-corrected chi connectivity index (χ2v) is 4.96. The van der Waals surface area contributed by atoms with Crippen LogP contribution < -0.4 is 5.32 Å². The number of alkyl halides is 3. The first-order valence-electron chi connectivity index (χ1n) is 7.14. The first kappa shape index (κ1) is 19.0. The highest BCUT2D eigenvalue weighted by molar-refractivity contribution is 5.93. The number of hydrogen-bond donors (Lipinski definition) is 2. The van der Waals surface area contributed by atoms with Crippen molar-refractivity contribution in [3.8, 4) is 0 Å². The van der Waals surface area contributed by atoms with Crippen LogP contribution in [0.2, 0.25) is 0 Å². The second-order valence-electron chi connectivity index (χ2n) is 4.96. The van der Waals surface area contributed by atoms with Gasteiger partial charge in [-0.2, -0.15) is 13.2 Å². The number of carboxylic acid groups (broad SMARTS) is 1. The maximum absolute atomic E-state index is 12.9. The molecule has 0 atom stereocenters. The van der Waals surface area contributed by atoms with Gasteiger partial charge in [-0.15, -0.1) is 0 Å². The van der Waals surface area contributed by atoms with E-state index >= 15 is 0 Å². The van der Waals surface area contributed by atoms with Gasteiger partial charge in [0.25, 0.3) is 0 Å². The Balaban J connectivity index is 2.64. The maximum atomic E-state index is 12.9. The van der Waals surface area contributed by atoms with E-state index in [2.05, 4.69) is 5.32 Å². The molecule has 1 aromatic rings. The van der Waals surface area contributed by atoms with Crippen molar-refractivity contribution in [1.82, 2.24) is 4.90 Å². The number of benzene rings is 1. The molecule has 0 aliphatic carbocycles. The van der Waals surface area contributed by atoms with Gasteiger partial charge in [-0.3, -0.25) is 14.5 Å². The number of nitrogens with one attached hydrogen (secondary N) is 1. The average molecular weight is 332 g/mol. The van der Waals surface area contributed by atoms with Crippen molar-refractivity contribution < 1.29 is 27.9 Å². The minimum atomic E-state index is -4.55. The SMILES string of the molecule is CCN(CCCC(=O)O)CC(=O)Nc1ccccc1C(F)(F)F. The van der Waals surface area contributed by atoms with Gasteiger partial charge in [0.2, 0.25) is 5.91 Å². The number of likely N-dealkylation sites (N-methyl/N-ethyl adjacent to an activating group) is 1. The average Bonchev–Trinajstić information content (AvgIpc) is 2.45. The lowest BCUT2D eigenvalue weighted by Gasteiger charge is -2.20. The number of hydrogen-bond acceptors (Lipinski definition) is 3. The molecule has 2 N–H and O–H groups in total. The summed E-state index contributed by atoms with van der Waals surface area (Å²) < 4.78 is 38.6. The summed E-state index contributed by atoms with van der Waals surface area (Å²) in [6.07, 6.45) is -4.19. The first-order valence-corrected chi connectivity index (χ1v) is 7.14. The Bertz CT molecular complexity index is 547. The van der Waals surface area contributed by atoms with Crippen molar-refractivity contribution in [2.75, 3.05) is 25.0 Å². The molecule has 0 aromatic heterocycles. The van der Waals surface area contributed by atoms with Crippen LogP contribution in [0.5, 0.6) is 0 Å². The fraction of sp³-hybridized carbons (Fsp3) is 0.467. The molecule has 0 fully saturated rings. The number of carbonyl (C=O) groups excluding carboxylic acids is 1. The van der Waals surface area contributed by atoms with Crippen molar-refractivity contribution in [2.24, 2.45) is 0 Å². The van der Waals surface area contributed by atoms with Crippen LogP contribution in [-0.2, 0) is 15.8 Å². The molecule has 0 saturated heterocycles. The zero-order valence-electron chi connectivity index (χ0n) is 12.7. The summed E-state index contributed by atoms with van der Waals surface area (Å²) in [5.41, 5.74) is -1.19. The summed E-state index contributed by atoms with van der Waals surface area (Å²) in [7, 11) is 0. The smallest absolute Gasteiger partial charge is 0.418 e. The monoisotopic (exact) mass is 332 g/mol. The molecule has 0 heterocycles. The molecule has 0 bridgehead atoms. The van der Waals surface area contributed by atoms with E-state index < -0.39 is 23.6 Å². The molecule has 0 saturated carbocycles. The maximum Gasteiger partial charge on any atom is 0.418 e. The first-order chi connectivity index (χ1) is 10.7. The predicted molar refractivity (Wildman–Crippen MR) is 79.1 cm³/mol. The number of halogens is 3. The molecule has 1 amide bonds. The Labute approximate surface area is 132 Å². The van der Waals surface area contributed by atoms with Gasteiger partial charge in [0, 0.05) is 6.42 Å². The third-order valence-corrected chi connectivity index (χ3v) is 3.19. The zero-order valence-corrected chi connectivity index (χ0v) is 12.7. The van der Waals surface area contributed by atoms with Crippen molar-refractivity contribution in [3.05, 3.63) is 29.8 Å². The Morgan fingerprint density at radius 3 is 2.48 bits per heavy atom. The summed E-state index contributed by atoms with van der Waals surface area (Å²) in [6, 6.07) is 4.76. The number of carboxylic acids is 1. The van der Waals surface area contributed by atoms with E-state index in [9.17, 15) is 22.8 Å². The quantitative estimate of drug-likeness (QED) is 0.768. The third-order valence-electron chi connectivity index (χ3n) is 3.19. The Kier molecular flexibility index (Phi) is 7.02. The van der Waals surface area contributed by atoms with Gasteiger partial charge in [-0.25, -0.2) is 0 Å². The number of rotatable bonds is 8. The molecule has 0 aliphatic rings. The molecule has 128 valence electrons. The topological polar surface area (TPSA) is 69.6 Å². The number of amides is 1. The van der Waals surface area contributed by atoms with Crippen LogP contribution in [0.4, 0.5) is 18.9 Å². The summed E-state index contributed by atoms with van der Waals surface area (Å²) in [6.45, 7) is 2.57. The largest absolute Gasteiger partial charge is 0.481 e. The van der Waals surface area contributed by atoms with Gasteiger partial charge < -0.3 is 10.4 Å². The Hall–Kier alpha value is -2.09. The fourth-order valence-electron chi connectivity index (χ4n) is 2.03. The lowest BCUT2D eigenvalue weighted by Crippen LogP contribution is -2.34. The van der Waals surface area contributed by atoms with E-state index in [1.807, 2.05) is 0 Å². The second kappa shape index (κ2) is 8.52. The van der Waals surface area contributed by atoms with Crippen LogP contribution in [0.25, 0.3) is 0 Å². The van der Waals surface area contributed by atoms with Gasteiger partial charge in [0.15, 0.2) is 0 Å². The molecule has 0 spiro atoms. The minimum absolute atomic E-state index is 0.0188. The molecule has 5 nitrogen and oxygen atoms in total. The van der Waals surface area contributed by atoms with E-state index in [1.54, 1.807) is 11.8 Å². The standard InChI is InChI=1S/C15H19F3N2O3/c1-2-20(9-5-8-14(22)23)10-13(21)19-12-7-4-3-6-11(12)15(16,17)18/h3-4,6-7H,2,5,8-10H2,1H3,(H,19,21)(H,22,23). The highest BCUT2D eigenvalue weighted by Crippen LogP contribution is 2.34. The van der Waals surface area contributed by atoms with Crippen molar-refractivity contribution >= 4 is 17.6 Å². The van der Waals surface area contributed by atoms with Crippen molar-refractivity contribution in [3.63, 3.8) is 0 Å². The number of nitrogens with zero attached hydrogens (tertiary/aromatic N) is 1. The van der Waals surface area contributed by atoms with E-state index in [0.717, 1.165) is 6.07 Å². The normalized spacial score (nSPS) is 11.5. The molecule has 0 aliphatic heterocycles. The molecule has 0 radical (unpaired) electrons. The highest BCUT2D eigenvalue weighted by Gasteiger charge is 2.33. The lowest BCUT2D eigenvalue weighted by molar-refractivity contribution is -0.138. The summed E-state index contributed by atoms with van der Waals surface area (Å²) >= 11 is 0. The third kappa shape index (κ3) is 6.68. The molecule has 23 heavy (non-hydrogen) atoms. The molecule has 0 unspecified atom stereocenters. The number of aliphatic carboxylic acids is 1. The van der Waals surface area contributed by atoms with Gasteiger partial charge in [-0.1, -0.05) is 19.1 Å². The van der Waals surface area contributed by atoms with Crippen LogP contribution in [0, 0.1) is 0 Å². The summed E-state index contributed by atoms with van der Waals surface area (Å²) in [4.78, 5) is 24.1. The van der Waals surface area contributed by atoms with Gasteiger partial charge in [-0.05, 0) is 31.6 Å². The zero-order chi connectivity index (χ0) is 17.5. The van der Waals surface area contributed by atoms with E-state index in [-0.39, 0.29) is 18.7 Å². The molecular weight excluding hydrogens is 313 g/mol. The summed E-state index contributed by atoms with van der Waals surface area (Å²) in [5.74, 6) is -1.50. The minimum Gasteiger partial charge on any atom is -0.481 e. The van der Waals surface area contributed by atoms with Crippen LogP contribution in [0.15, 0.2) is 24.3 Å². The number of carbonyl (C=O) groups is 2. The molecule has 1 aromatic carbocycles. The van der Waals surface area contributed by atoms with Gasteiger partial charge in [0.1, 0.15) is 0 Å². The number of anilines is 1. The van der Waals surface area contributed by atoms with Crippen LogP contribution in [0.1, 0.15) is 25.3 Å².